The number of carbonyl (C=O) groups excluding carboxylic acids is 1. The van der Waals surface area contributed by atoms with Crippen LogP contribution in [0.5, 0.6) is 0 Å². The Morgan fingerprint density at radius 3 is 3.05 bits per heavy atom. The monoisotopic (exact) mass is 288 g/mol. The van der Waals surface area contributed by atoms with Gasteiger partial charge < -0.3 is 9.47 Å². The molecule has 1 unspecified atom stereocenters. The average Bonchev–Trinajstić information content (AvgIpc) is 3.17. The summed E-state index contributed by atoms with van der Waals surface area (Å²) in [6.45, 7) is 5.71. The molecule has 1 N–H and O–H groups in total. The maximum Gasteiger partial charge on any atom is 0.257 e. The van der Waals surface area contributed by atoms with Gasteiger partial charge in [0.25, 0.3) is 5.91 Å². The summed E-state index contributed by atoms with van der Waals surface area (Å²) in [6.07, 6.45) is 7.02. The average molecular weight is 288 g/mol. The predicted molar refractivity (Wildman–Crippen MR) is 76.9 cm³/mol. The summed E-state index contributed by atoms with van der Waals surface area (Å²) < 4.78 is 2.09. The van der Waals surface area contributed by atoms with Crippen LogP contribution in [-0.2, 0) is 0 Å². The van der Waals surface area contributed by atoms with Gasteiger partial charge in [0.2, 0.25) is 0 Å². The fourth-order valence-electron chi connectivity index (χ4n) is 2.86. The molecule has 0 saturated carbocycles. The molecule has 1 amide bonds. The van der Waals surface area contributed by atoms with Gasteiger partial charge in [-0.15, -0.1) is 10.2 Å². The lowest BCUT2D eigenvalue weighted by molar-refractivity contribution is 0.0703. The fourth-order valence-corrected chi connectivity index (χ4v) is 2.86. The molecule has 1 aliphatic heterocycles. The third-order valence-corrected chi connectivity index (χ3v) is 3.98. The zero-order valence-corrected chi connectivity index (χ0v) is 12.4. The van der Waals surface area contributed by atoms with Gasteiger partial charge in [0.15, 0.2) is 0 Å². The maximum atomic E-state index is 12.4. The van der Waals surface area contributed by atoms with Gasteiger partial charge in [0.05, 0.1) is 11.8 Å². The molecule has 1 atom stereocenters. The molecule has 7 heteroatoms. The molecule has 0 bridgehead atoms. The number of hydrogen-bond acceptors (Lipinski definition) is 4. The largest absolute Gasteiger partial charge is 0.338 e. The quantitative estimate of drug-likeness (QED) is 0.930. The number of carbonyl (C=O) groups is 1. The minimum Gasteiger partial charge on any atom is -0.338 e. The van der Waals surface area contributed by atoms with Gasteiger partial charge >= 0.3 is 0 Å². The lowest BCUT2D eigenvalue weighted by Crippen LogP contribution is -2.39. The van der Waals surface area contributed by atoms with Crippen LogP contribution in [0.3, 0.4) is 0 Å². The van der Waals surface area contributed by atoms with Crippen LogP contribution in [0.2, 0.25) is 0 Å². The molecule has 3 heterocycles. The highest BCUT2D eigenvalue weighted by atomic mass is 16.2. The van der Waals surface area contributed by atoms with Crippen molar-refractivity contribution in [2.45, 2.75) is 38.6 Å². The number of piperidine rings is 1. The first-order chi connectivity index (χ1) is 10.2. The molecule has 1 aliphatic rings. The van der Waals surface area contributed by atoms with Crippen molar-refractivity contribution in [3.8, 4) is 0 Å². The smallest absolute Gasteiger partial charge is 0.257 e. The van der Waals surface area contributed by atoms with E-state index >= 15 is 0 Å². The van der Waals surface area contributed by atoms with E-state index < -0.39 is 0 Å². The van der Waals surface area contributed by atoms with Gasteiger partial charge in [0, 0.05) is 31.2 Å². The summed E-state index contributed by atoms with van der Waals surface area (Å²) in [5.41, 5.74) is 0.612. The molecule has 1 saturated heterocycles. The Morgan fingerprint density at radius 2 is 2.33 bits per heavy atom. The zero-order valence-electron chi connectivity index (χ0n) is 12.4. The molecule has 1 fully saturated rings. The van der Waals surface area contributed by atoms with Gasteiger partial charge in [-0.25, -0.2) is 0 Å². The van der Waals surface area contributed by atoms with Gasteiger partial charge in [-0.2, -0.15) is 5.10 Å². The van der Waals surface area contributed by atoms with E-state index in [1.165, 1.54) is 0 Å². The minimum absolute atomic E-state index is 0.0315. The first kappa shape index (κ1) is 13.8. The second-order valence-electron chi connectivity index (χ2n) is 5.77. The summed E-state index contributed by atoms with van der Waals surface area (Å²) in [4.78, 5) is 14.3. The maximum absolute atomic E-state index is 12.4. The Labute approximate surface area is 123 Å². The van der Waals surface area contributed by atoms with Crippen molar-refractivity contribution in [1.82, 2.24) is 29.9 Å². The van der Waals surface area contributed by atoms with Crippen molar-refractivity contribution in [3.63, 3.8) is 0 Å². The van der Waals surface area contributed by atoms with E-state index in [0.717, 1.165) is 25.2 Å². The normalized spacial score (nSPS) is 19.2. The summed E-state index contributed by atoms with van der Waals surface area (Å²) in [5, 5.41) is 14.8. The molecular formula is C14H20N6O. The lowest BCUT2D eigenvalue weighted by Gasteiger charge is -2.32. The Balaban J connectivity index is 1.77. The molecule has 0 radical (unpaired) electrons. The number of H-pyrrole nitrogens is 1. The highest BCUT2D eigenvalue weighted by Crippen LogP contribution is 2.27. The number of aromatic amines is 1. The van der Waals surface area contributed by atoms with E-state index in [1.807, 2.05) is 4.90 Å². The van der Waals surface area contributed by atoms with Crippen molar-refractivity contribution in [2.75, 3.05) is 13.1 Å². The van der Waals surface area contributed by atoms with Crippen molar-refractivity contribution in [3.05, 3.63) is 30.1 Å². The standard InChI is InChI=1S/C14H20N6O/c1-10(2)20-9-17-18-13(20)11-4-3-5-19(8-11)14(21)12-6-15-16-7-12/h6-7,9-11H,3-5,8H2,1-2H3,(H,15,16). The van der Waals surface area contributed by atoms with Crippen LogP contribution < -0.4 is 0 Å². The van der Waals surface area contributed by atoms with Gasteiger partial charge in [-0.3, -0.25) is 9.89 Å². The second-order valence-corrected chi connectivity index (χ2v) is 5.77. The summed E-state index contributed by atoms with van der Waals surface area (Å²) in [7, 11) is 0. The third-order valence-electron chi connectivity index (χ3n) is 3.98. The molecule has 3 rings (SSSR count). The summed E-state index contributed by atoms with van der Waals surface area (Å²) in [5.74, 6) is 1.26. The van der Waals surface area contributed by atoms with Gasteiger partial charge in [0.1, 0.15) is 12.2 Å². The molecule has 2 aromatic rings. The van der Waals surface area contributed by atoms with Crippen LogP contribution in [-0.4, -0.2) is 48.9 Å². The Kier molecular flexibility index (Phi) is 3.72. The number of aromatic nitrogens is 5. The summed E-state index contributed by atoms with van der Waals surface area (Å²) in [6, 6.07) is 0.329. The van der Waals surface area contributed by atoms with Crippen molar-refractivity contribution in [1.29, 1.82) is 0 Å². The van der Waals surface area contributed by atoms with E-state index in [0.29, 0.717) is 18.2 Å². The number of nitrogens with one attached hydrogen (secondary N) is 1. The Hall–Kier alpha value is -2.18. The highest BCUT2D eigenvalue weighted by molar-refractivity contribution is 5.93. The molecule has 0 spiro atoms. The molecule has 2 aromatic heterocycles. The topological polar surface area (TPSA) is 79.7 Å². The van der Waals surface area contributed by atoms with Crippen molar-refractivity contribution in [2.24, 2.45) is 0 Å². The fraction of sp³-hybridized carbons (Fsp3) is 0.571. The molecule has 7 nitrogen and oxygen atoms in total. The summed E-state index contributed by atoms with van der Waals surface area (Å²) >= 11 is 0. The van der Waals surface area contributed by atoms with E-state index in [1.54, 1.807) is 18.7 Å². The number of hydrogen-bond donors (Lipinski definition) is 1. The number of nitrogens with zero attached hydrogens (tertiary/aromatic N) is 5. The van der Waals surface area contributed by atoms with Crippen LogP contribution >= 0.6 is 0 Å². The van der Waals surface area contributed by atoms with E-state index in [4.69, 9.17) is 0 Å². The van der Waals surface area contributed by atoms with Crippen molar-refractivity contribution >= 4 is 5.91 Å². The van der Waals surface area contributed by atoms with E-state index in [9.17, 15) is 4.79 Å². The number of amides is 1. The molecule has 21 heavy (non-hydrogen) atoms. The number of rotatable bonds is 3. The van der Waals surface area contributed by atoms with Crippen LogP contribution in [0.15, 0.2) is 18.7 Å². The molecule has 112 valence electrons. The van der Waals surface area contributed by atoms with Crippen LogP contribution in [0.4, 0.5) is 0 Å². The molecular weight excluding hydrogens is 268 g/mol. The Morgan fingerprint density at radius 1 is 1.48 bits per heavy atom. The molecule has 0 aromatic carbocycles. The van der Waals surface area contributed by atoms with Gasteiger partial charge in [-0.05, 0) is 26.7 Å². The third kappa shape index (κ3) is 2.68. The SMILES string of the molecule is CC(C)n1cnnc1C1CCCN(C(=O)c2cn[nH]c2)C1. The molecule has 0 aliphatic carbocycles. The van der Waals surface area contributed by atoms with E-state index in [-0.39, 0.29) is 11.8 Å². The van der Waals surface area contributed by atoms with Crippen LogP contribution in [0, 0.1) is 0 Å². The predicted octanol–water partition coefficient (Wildman–Crippen LogP) is 1.60. The zero-order chi connectivity index (χ0) is 14.8. The van der Waals surface area contributed by atoms with Gasteiger partial charge in [-0.1, -0.05) is 0 Å². The second kappa shape index (κ2) is 5.67. The van der Waals surface area contributed by atoms with E-state index in [2.05, 4.69) is 38.8 Å². The highest BCUT2D eigenvalue weighted by Gasteiger charge is 2.29. The minimum atomic E-state index is 0.0315. The lowest BCUT2D eigenvalue weighted by atomic mass is 9.96. The first-order valence-corrected chi connectivity index (χ1v) is 7.34. The number of likely N-dealkylation sites (tertiary alicyclic amines) is 1. The van der Waals surface area contributed by atoms with Crippen LogP contribution in [0.1, 0.15) is 54.8 Å². The first-order valence-electron chi connectivity index (χ1n) is 7.34. The Bertz CT molecular complexity index is 603. The van der Waals surface area contributed by atoms with Crippen molar-refractivity contribution < 1.29 is 4.79 Å². The van der Waals surface area contributed by atoms with Crippen LogP contribution in [0.25, 0.3) is 0 Å².